The average molecular weight is 168 g/mol. The van der Waals surface area contributed by atoms with Crippen LogP contribution >= 0.6 is 0 Å². The third-order valence-corrected chi connectivity index (χ3v) is 1.92. The Morgan fingerprint density at radius 2 is 2.25 bits per heavy atom. The van der Waals surface area contributed by atoms with Gasteiger partial charge in [-0.05, 0) is 19.4 Å². The second kappa shape index (κ2) is 4.26. The average Bonchev–Trinajstić information content (AvgIpc) is 2.11. The molecule has 0 unspecified atom stereocenters. The first-order chi connectivity index (χ1) is 5.70. The maximum Gasteiger partial charge on any atom is 0.101 e. The molecule has 0 radical (unpaired) electrons. The smallest absolute Gasteiger partial charge is 0.101 e. The second-order valence-electron chi connectivity index (χ2n) is 3.13. The molecular formula is C9H16N2O. The van der Waals surface area contributed by atoms with Gasteiger partial charge < -0.3 is 9.64 Å². The van der Waals surface area contributed by atoms with Crippen molar-refractivity contribution in [2.45, 2.75) is 13.8 Å². The SMILES string of the molecule is C/C1=N/C=C(\C)COCCN1C. The standard InChI is InChI=1S/C9H16N2O/c1-8-6-10-9(2)11(3)4-5-12-7-8/h6H,4-5,7H2,1-3H3/b8-6+,10-9-. The summed E-state index contributed by atoms with van der Waals surface area (Å²) in [5, 5.41) is 0. The number of aliphatic imine (C=N–C) groups is 1. The zero-order valence-corrected chi connectivity index (χ0v) is 8.00. The van der Waals surface area contributed by atoms with Gasteiger partial charge in [-0.1, -0.05) is 0 Å². The Balaban J connectivity index is 2.68. The second-order valence-corrected chi connectivity index (χ2v) is 3.13. The van der Waals surface area contributed by atoms with Gasteiger partial charge in [0, 0.05) is 19.8 Å². The number of likely N-dealkylation sites (N-methyl/N-ethyl adjacent to an activating group) is 1. The summed E-state index contributed by atoms with van der Waals surface area (Å²) in [4.78, 5) is 6.40. The quantitative estimate of drug-likeness (QED) is 0.544. The van der Waals surface area contributed by atoms with Crippen LogP contribution in [-0.2, 0) is 4.74 Å². The van der Waals surface area contributed by atoms with Gasteiger partial charge in [-0.25, -0.2) is 4.99 Å². The van der Waals surface area contributed by atoms with E-state index in [4.69, 9.17) is 4.74 Å². The summed E-state index contributed by atoms with van der Waals surface area (Å²) in [5.41, 5.74) is 1.17. The van der Waals surface area contributed by atoms with E-state index < -0.39 is 0 Å². The van der Waals surface area contributed by atoms with Crippen molar-refractivity contribution >= 4 is 5.84 Å². The van der Waals surface area contributed by atoms with Crippen molar-refractivity contribution in [3.05, 3.63) is 11.8 Å². The van der Waals surface area contributed by atoms with Gasteiger partial charge in [-0.15, -0.1) is 0 Å². The highest BCUT2D eigenvalue weighted by Crippen LogP contribution is 1.99. The number of hydrogen-bond acceptors (Lipinski definition) is 3. The summed E-state index contributed by atoms with van der Waals surface area (Å²) < 4.78 is 5.40. The molecule has 68 valence electrons. The van der Waals surface area contributed by atoms with Gasteiger partial charge >= 0.3 is 0 Å². The van der Waals surface area contributed by atoms with E-state index in [1.807, 2.05) is 27.1 Å². The highest BCUT2D eigenvalue weighted by atomic mass is 16.5. The van der Waals surface area contributed by atoms with Gasteiger partial charge in [0.25, 0.3) is 0 Å². The fourth-order valence-corrected chi connectivity index (χ4v) is 0.936. The van der Waals surface area contributed by atoms with Crippen molar-refractivity contribution in [3.63, 3.8) is 0 Å². The monoisotopic (exact) mass is 168 g/mol. The highest BCUT2D eigenvalue weighted by Gasteiger charge is 2.01. The third kappa shape index (κ3) is 2.66. The van der Waals surface area contributed by atoms with Gasteiger partial charge in [-0.3, -0.25) is 0 Å². The van der Waals surface area contributed by atoms with Gasteiger partial charge in [0.1, 0.15) is 5.84 Å². The van der Waals surface area contributed by atoms with Crippen molar-refractivity contribution in [2.75, 3.05) is 26.8 Å². The Morgan fingerprint density at radius 1 is 1.50 bits per heavy atom. The minimum Gasteiger partial charge on any atom is -0.375 e. The maximum atomic E-state index is 5.40. The molecule has 1 heterocycles. The van der Waals surface area contributed by atoms with E-state index in [1.165, 1.54) is 5.57 Å². The van der Waals surface area contributed by atoms with Crippen LogP contribution in [0.5, 0.6) is 0 Å². The van der Waals surface area contributed by atoms with Gasteiger partial charge in [-0.2, -0.15) is 0 Å². The zero-order chi connectivity index (χ0) is 8.97. The van der Waals surface area contributed by atoms with Crippen LogP contribution in [-0.4, -0.2) is 37.5 Å². The number of nitrogens with zero attached hydrogens (tertiary/aromatic N) is 2. The summed E-state index contributed by atoms with van der Waals surface area (Å²) in [6, 6.07) is 0. The number of hydrogen-bond donors (Lipinski definition) is 0. The molecule has 0 bridgehead atoms. The molecule has 0 spiro atoms. The Morgan fingerprint density at radius 3 is 3.00 bits per heavy atom. The summed E-state index contributed by atoms with van der Waals surface area (Å²) >= 11 is 0. The van der Waals surface area contributed by atoms with Gasteiger partial charge in [0.05, 0.1) is 13.2 Å². The Labute approximate surface area is 73.7 Å². The van der Waals surface area contributed by atoms with Crippen LogP contribution < -0.4 is 0 Å². The summed E-state index contributed by atoms with van der Waals surface area (Å²) in [5.74, 6) is 1.04. The molecule has 3 nitrogen and oxygen atoms in total. The Hall–Kier alpha value is -0.830. The van der Waals surface area contributed by atoms with Crippen LogP contribution in [0.15, 0.2) is 16.8 Å². The van der Waals surface area contributed by atoms with E-state index in [0.717, 1.165) is 19.0 Å². The topological polar surface area (TPSA) is 24.8 Å². The normalized spacial score (nSPS) is 29.1. The van der Waals surface area contributed by atoms with Crippen molar-refractivity contribution in [1.82, 2.24) is 4.90 Å². The predicted octanol–water partition coefficient (Wildman–Crippen LogP) is 1.27. The first-order valence-electron chi connectivity index (χ1n) is 4.19. The Kier molecular flexibility index (Phi) is 3.29. The van der Waals surface area contributed by atoms with Crippen LogP contribution in [0.25, 0.3) is 0 Å². The minimum atomic E-state index is 0.699. The molecule has 1 aliphatic rings. The first kappa shape index (κ1) is 9.26. The molecule has 0 aliphatic carbocycles. The van der Waals surface area contributed by atoms with Crippen LogP contribution in [0.3, 0.4) is 0 Å². The fraction of sp³-hybridized carbons (Fsp3) is 0.667. The lowest BCUT2D eigenvalue weighted by molar-refractivity contribution is 0.145. The van der Waals surface area contributed by atoms with Crippen LogP contribution in [0, 0.1) is 0 Å². The van der Waals surface area contributed by atoms with E-state index in [-0.39, 0.29) is 0 Å². The van der Waals surface area contributed by atoms with Gasteiger partial charge in [0.15, 0.2) is 0 Å². The van der Waals surface area contributed by atoms with Crippen LogP contribution in [0.2, 0.25) is 0 Å². The number of ether oxygens (including phenoxy) is 1. The van der Waals surface area contributed by atoms with Crippen molar-refractivity contribution < 1.29 is 4.74 Å². The van der Waals surface area contributed by atoms with Crippen LogP contribution in [0.4, 0.5) is 0 Å². The lowest BCUT2D eigenvalue weighted by Crippen LogP contribution is -2.27. The molecule has 0 aromatic carbocycles. The molecule has 0 atom stereocenters. The van der Waals surface area contributed by atoms with Crippen molar-refractivity contribution in [2.24, 2.45) is 4.99 Å². The fourth-order valence-electron chi connectivity index (χ4n) is 0.936. The van der Waals surface area contributed by atoms with E-state index in [0.29, 0.717) is 6.61 Å². The van der Waals surface area contributed by atoms with E-state index in [2.05, 4.69) is 9.89 Å². The molecule has 0 fully saturated rings. The van der Waals surface area contributed by atoms with Crippen LogP contribution in [0.1, 0.15) is 13.8 Å². The molecule has 1 aliphatic heterocycles. The lowest BCUT2D eigenvalue weighted by Gasteiger charge is -2.16. The van der Waals surface area contributed by atoms with E-state index in [9.17, 15) is 0 Å². The zero-order valence-electron chi connectivity index (χ0n) is 8.00. The predicted molar refractivity (Wildman–Crippen MR) is 50.3 cm³/mol. The molecule has 1 rings (SSSR count). The number of rotatable bonds is 0. The molecule has 0 aromatic heterocycles. The van der Waals surface area contributed by atoms with Gasteiger partial charge in [0.2, 0.25) is 0 Å². The largest absolute Gasteiger partial charge is 0.375 e. The summed E-state index contributed by atoms with van der Waals surface area (Å²) in [6.45, 7) is 6.42. The van der Waals surface area contributed by atoms with E-state index in [1.54, 1.807) is 0 Å². The molecule has 12 heavy (non-hydrogen) atoms. The molecule has 0 saturated carbocycles. The molecule has 0 N–H and O–H groups in total. The minimum absolute atomic E-state index is 0.699. The molecule has 3 heteroatoms. The molecule has 0 aromatic rings. The highest BCUT2D eigenvalue weighted by molar-refractivity contribution is 5.80. The third-order valence-electron chi connectivity index (χ3n) is 1.92. The van der Waals surface area contributed by atoms with Crippen molar-refractivity contribution in [3.8, 4) is 0 Å². The van der Waals surface area contributed by atoms with Crippen molar-refractivity contribution in [1.29, 1.82) is 0 Å². The van der Waals surface area contributed by atoms with E-state index >= 15 is 0 Å². The first-order valence-corrected chi connectivity index (χ1v) is 4.19. The molecule has 0 amide bonds. The summed E-state index contributed by atoms with van der Waals surface area (Å²) in [7, 11) is 2.02. The number of amidine groups is 1. The molecular weight excluding hydrogens is 152 g/mol. The summed E-state index contributed by atoms with van der Waals surface area (Å²) in [6.07, 6.45) is 1.87. The molecule has 0 saturated heterocycles. The maximum absolute atomic E-state index is 5.40. The lowest BCUT2D eigenvalue weighted by atomic mass is 10.3. The Bertz CT molecular complexity index is 209.